The molecule has 2 unspecified atom stereocenters. The van der Waals surface area contributed by atoms with Gasteiger partial charge in [-0.2, -0.15) is 0 Å². The van der Waals surface area contributed by atoms with Crippen molar-refractivity contribution in [3.05, 3.63) is 107 Å². The molecule has 0 aliphatic heterocycles. The van der Waals surface area contributed by atoms with Crippen LogP contribution in [0.3, 0.4) is 0 Å². The Morgan fingerprint density at radius 1 is 0.478 bits per heavy atom. The highest BCUT2D eigenvalue weighted by Gasteiger charge is 2.11. The average molecular weight is 300 g/mol. The first-order valence-electron chi connectivity index (χ1n) is 8.36. The van der Waals surface area contributed by atoms with Crippen molar-refractivity contribution in [2.45, 2.75) is 32.6 Å². The van der Waals surface area contributed by atoms with E-state index in [0.717, 1.165) is 0 Å². The molecule has 0 aliphatic carbocycles. The Morgan fingerprint density at radius 3 is 1.26 bits per heavy atom. The number of benzene rings is 3. The summed E-state index contributed by atoms with van der Waals surface area (Å²) in [5.74, 6) is 0.858. The van der Waals surface area contributed by atoms with Crippen molar-refractivity contribution in [1.82, 2.24) is 0 Å². The van der Waals surface area contributed by atoms with Crippen molar-refractivity contribution in [1.29, 1.82) is 0 Å². The second-order valence-corrected chi connectivity index (χ2v) is 6.43. The monoisotopic (exact) mass is 300 g/mol. The molecule has 0 heteroatoms. The molecule has 0 saturated heterocycles. The highest BCUT2D eigenvalue weighted by molar-refractivity contribution is 5.38. The minimum absolute atomic E-state index is 0.427. The lowest BCUT2D eigenvalue weighted by atomic mass is 9.88. The summed E-state index contributed by atoms with van der Waals surface area (Å²) in [6.45, 7) is 6.68. The van der Waals surface area contributed by atoms with Gasteiger partial charge in [0.1, 0.15) is 0 Å². The van der Waals surface area contributed by atoms with Crippen molar-refractivity contribution in [3.8, 4) is 0 Å². The second kappa shape index (κ2) is 6.83. The number of rotatable bonds is 4. The topological polar surface area (TPSA) is 0 Å². The average Bonchev–Trinajstić information content (AvgIpc) is 2.62. The highest BCUT2D eigenvalue weighted by atomic mass is 14.2. The van der Waals surface area contributed by atoms with Crippen molar-refractivity contribution in [2.75, 3.05) is 0 Å². The summed E-state index contributed by atoms with van der Waals surface area (Å²) in [4.78, 5) is 0. The van der Waals surface area contributed by atoms with Gasteiger partial charge in [0.15, 0.2) is 0 Å². The second-order valence-electron chi connectivity index (χ2n) is 6.43. The third-order valence-electron chi connectivity index (χ3n) is 4.81. The van der Waals surface area contributed by atoms with Gasteiger partial charge in [-0.15, -0.1) is 0 Å². The van der Waals surface area contributed by atoms with Crippen LogP contribution in [0.25, 0.3) is 0 Å². The first-order valence-corrected chi connectivity index (χ1v) is 8.36. The fourth-order valence-electron chi connectivity index (χ4n) is 3.06. The number of aryl methyl sites for hydroxylation is 1. The predicted molar refractivity (Wildman–Crippen MR) is 99.1 cm³/mol. The van der Waals surface area contributed by atoms with Gasteiger partial charge in [-0.1, -0.05) is 98.3 Å². The maximum atomic E-state index is 2.28. The summed E-state index contributed by atoms with van der Waals surface area (Å²) < 4.78 is 0. The Kier molecular flexibility index (Phi) is 4.62. The van der Waals surface area contributed by atoms with Gasteiger partial charge in [0.25, 0.3) is 0 Å². The Labute approximate surface area is 139 Å². The van der Waals surface area contributed by atoms with E-state index in [-0.39, 0.29) is 0 Å². The number of hydrogen-bond acceptors (Lipinski definition) is 0. The zero-order valence-corrected chi connectivity index (χ0v) is 14.2. The Balaban J connectivity index is 1.80. The molecule has 0 aromatic heterocycles. The first kappa shape index (κ1) is 15.6. The molecule has 0 saturated carbocycles. The van der Waals surface area contributed by atoms with Crippen LogP contribution in [0.4, 0.5) is 0 Å². The maximum Gasteiger partial charge on any atom is 0.00610 e. The minimum atomic E-state index is 0.427. The van der Waals surface area contributed by atoms with E-state index in [9.17, 15) is 0 Å². The first-order chi connectivity index (χ1) is 11.1. The molecule has 3 rings (SSSR count). The molecule has 0 nitrogen and oxygen atoms in total. The van der Waals surface area contributed by atoms with E-state index >= 15 is 0 Å². The van der Waals surface area contributed by atoms with E-state index < -0.39 is 0 Å². The van der Waals surface area contributed by atoms with Crippen LogP contribution in [0, 0.1) is 6.92 Å². The molecule has 0 fully saturated rings. The summed E-state index contributed by atoms with van der Waals surface area (Å²) in [6, 6.07) is 28.7. The van der Waals surface area contributed by atoms with E-state index in [2.05, 4.69) is 99.6 Å². The maximum absolute atomic E-state index is 2.28. The smallest absolute Gasteiger partial charge is 0.00610 e. The zero-order chi connectivity index (χ0) is 16.2. The molecule has 0 N–H and O–H groups in total. The minimum Gasteiger partial charge on any atom is -0.0622 e. The van der Waals surface area contributed by atoms with Gasteiger partial charge >= 0.3 is 0 Å². The molecule has 0 heterocycles. The van der Waals surface area contributed by atoms with Gasteiger partial charge in [0.05, 0.1) is 0 Å². The zero-order valence-electron chi connectivity index (χ0n) is 14.2. The van der Waals surface area contributed by atoms with Crippen LogP contribution in [0.1, 0.15) is 53.5 Å². The van der Waals surface area contributed by atoms with E-state index in [4.69, 9.17) is 0 Å². The fraction of sp³-hybridized carbons (Fsp3) is 0.217. The summed E-state index contributed by atoms with van der Waals surface area (Å²) in [7, 11) is 0. The summed E-state index contributed by atoms with van der Waals surface area (Å²) >= 11 is 0. The van der Waals surface area contributed by atoms with E-state index in [0.29, 0.717) is 11.8 Å². The van der Waals surface area contributed by atoms with Gasteiger partial charge in [-0.25, -0.2) is 0 Å². The predicted octanol–water partition coefficient (Wildman–Crippen LogP) is 6.30. The molecule has 3 aromatic rings. The molecule has 0 amide bonds. The molecule has 23 heavy (non-hydrogen) atoms. The van der Waals surface area contributed by atoms with Crippen LogP contribution >= 0.6 is 0 Å². The molecule has 0 spiro atoms. The van der Waals surface area contributed by atoms with Crippen LogP contribution in [-0.2, 0) is 0 Å². The summed E-state index contributed by atoms with van der Waals surface area (Å²) in [5.41, 5.74) is 6.80. The third kappa shape index (κ3) is 3.53. The SMILES string of the molecule is Cc1ccc(C(C)c2ccc(C(C)c3ccccc3)cc2)cc1. The quantitative estimate of drug-likeness (QED) is 0.530. The Morgan fingerprint density at radius 2 is 0.826 bits per heavy atom. The van der Waals surface area contributed by atoms with Crippen LogP contribution in [0.15, 0.2) is 78.9 Å². The molecule has 116 valence electrons. The van der Waals surface area contributed by atoms with Crippen LogP contribution in [0.2, 0.25) is 0 Å². The van der Waals surface area contributed by atoms with Crippen molar-refractivity contribution in [3.63, 3.8) is 0 Å². The fourth-order valence-corrected chi connectivity index (χ4v) is 3.06. The molecule has 0 bridgehead atoms. The van der Waals surface area contributed by atoms with Crippen molar-refractivity contribution >= 4 is 0 Å². The lowest BCUT2D eigenvalue weighted by molar-refractivity contribution is 0.898. The van der Waals surface area contributed by atoms with E-state index in [1.165, 1.54) is 27.8 Å². The molecule has 0 aliphatic rings. The van der Waals surface area contributed by atoms with Crippen LogP contribution < -0.4 is 0 Å². The van der Waals surface area contributed by atoms with E-state index in [1.54, 1.807) is 0 Å². The van der Waals surface area contributed by atoms with Crippen LogP contribution in [-0.4, -0.2) is 0 Å². The molecular formula is C23H24. The van der Waals surface area contributed by atoms with Gasteiger partial charge in [0, 0.05) is 11.8 Å². The molecule has 2 atom stereocenters. The van der Waals surface area contributed by atoms with Gasteiger partial charge in [-0.3, -0.25) is 0 Å². The lowest BCUT2D eigenvalue weighted by Gasteiger charge is -2.16. The molecule has 3 aromatic carbocycles. The van der Waals surface area contributed by atoms with Crippen molar-refractivity contribution < 1.29 is 0 Å². The van der Waals surface area contributed by atoms with Crippen LogP contribution in [0.5, 0.6) is 0 Å². The standard InChI is InChI=1S/C23H24/c1-17-9-11-21(12-10-17)19(3)23-15-13-22(14-16-23)18(2)20-7-5-4-6-8-20/h4-16,18-19H,1-3H3. The van der Waals surface area contributed by atoms with Gasteiger partial charge in [0.2, 0.25) is 0 Å². The van der Waals surface area contributed by atoms with Gasteiger partial charge < -0.3 is 0 Å². The number of hydrogen-bond donors (Lipinski definition) is 0. The Bertz CT molecular complexity index is 736. The molecular weight excluding hydrogens is 276 g/mol. The van der Waals surface area contributed by atoms with E-state index in [1.807, 2.05) is 0 Å². The third-order valence-corrected chi connectivity index (χ3v) is 4.81. The highest BCUT2D eigenvalue weighted by Crippen LogP contribution is 2.28. The largest absolute Gasteiger partial charge is 0.0622 e. The summed E-state index contributed by atoms with van der Waals surface area (Å²) in [6.07, 6.45) is 0. The lowest BCUT2D eigenvalue weighted by Crippen LogP contribution is -1.99. The summed E-state index contributed by atoms with van der Waals surface area (Å²) in [5, 5.41) is 0. The Hall–Kier alpha value is -2.34. The van der Waals surface area contributed by atoms with Crippen molar-refractivity contribution in [2.24, 2.45) is 0 Å². The molecule has 0 radical (unpaired) electrons. The normalized spacial score (nSPS) is 13.5. The van der Waals surface area contributed by atoms with Gasteiger partial charge in [-0.05, 0) is 29.2 Å².